The number of hydrogen-bond acceptors (Lipinski definition) is 6. The van der Waals surface area contributed by atoms with Gasteiger partial charge in [0, 0.05) is 17.4 Å². The Labute approximate surface area is 127 Å². The van der Waals surface area contributed by atoms with Crippen LogP contribution < -0.4 is 9.47 Å². The van der Waals surface area contributed by atoms with Crippen molar-refractivity contribution in [1.82, 2.24) is 4.98 Å². The van der Waals surface area contributed by atoms with Gasteiger partial charge in [0.1, 0.15) is 5.01 Å². The Balaban J connectivity index is 2.15. The molecular formula is C15H17NO4S. The molecule has 6 heteroatoms. The minimum atomic E-state index is -0.226. The molecule has 21 heavy (non-hydrogen) atoms. The van der Waals surface area contributed by atoms with Crippen LogP contribution in [0.15, 0.2) is 23.6 Å². The zero-order valence-electron chi connectivity index (χ0n) is 12.2. The quantitative estimate of drug-likeness (QED) is 0.768. The highest BCUT2D eigenvalue weighted by molar-refractivity contribution is 7.13. The molecule has 112 valence electrons. The summed E-state index contributed by atoms with van der Waals surface area (Å²) in [5, 5.41) is 2.84. The highest BCUT2D eigenvalue weighted by Gasteiger charge is 2.10. The molecule has 1 aromatic heterocycles. The molecule has 0 unspecified atom stereocenters. The highest BCUT2D eigenvalue weighted by Crippen LogP contribution is 2.33. The van der Waals surface area contributed by atoms with Crippen molar-refractivity contribution in [3.63, 3.8) is 0 Å². The summed E-state index contributed by atoms with van der Waals surface area (Å²) in [6.07, 6.45) is 0.919. The van der Waals surface area contributed by atoms with Crippen LogP contribution in [0.3, 0.4) is 0 Å². The van der Waals surface area contributed by atoms with Crippen molar-refractivity contribution >= 4 is 17.3 Å². The minimum absolute atomic E-state index is 0.226. The number of rotatable bonds is 6. The highest BCUT2D eigenvalue weighted by atomic mass is 32.1. The van der Waals surface area contributed by atoms with Gasteiger partial charge in [-0.2, -0.15) is 0 Å². The Morgan fingerprint density at radius 3 is 2.62 bits per heavy atom. The minimum Gasteiger partial charge on any atom is -0.493 e. The summed E-state index contributed by atoms with van der Waals surface area (Å²) in [4.78, 5) is 15.7. The molecule has 0 aliphatic carbocycles. The Bertz CT molecular complexity index is 624. The predicted molar refractivity (Wildman–Crippen MR) is 81.0 cm³/mol. The average Bonchev–Trinajstić information content (AvgIpc) is 3.00. The van der Waals surface area contributed by atoms with Crippen LogP contribution in [0.4, 0.5) is 0 Å². The first-order valence-electron chi connectivity index (χ1n) is 6.41. The second kappa shape index (κ2) is 7.08. The molecule has 0 amide bonds. The molecule has 0 radical (unpaired) electrons. The van der Waals surface area contributed by atoms with Crippen LogP contribution >= 0.6 is 11.3 Å². The van der Waals surface area contributed by atoms with Crippen molar-refractivity contribution in [2.75, 3.05) is 21.3 Å². The van der Waals surface area contributed by atoms with Gasteiger partial charge in [-0.3, -0.25) is 4.79 Å². The SMILES string of the molecule is COC(=O)CCc1csc(-c2ccc(OC)c(OC)c2)n1. The van der Waals surface area contributed by atoms with Crippen LogP contribution in [0.2, 0.25) is 0 Å². The van der Waals surface area contributed by atoms with Gasteiger partial charge in [-0.25, -0.2) is 4.98 Å². The molecule has 0 saturated heterocycles. The number of aromatic nitrogens is 1. The van der Waals surface area contributed by atoms with Gasteiger partial charge in [0.05, 0.1) is 33.4 Å². The number of hydrogen-bond donors (Lipinski definition) is 0. The number of ether oxygens (including phenoxy) is 3. The third-order valence-corrected chi connectivity index (χ3v) is 3.94. The molecule has 0 bridgehead atoms. The zero-order valence-corrected chi connectivity index (χ0v) is 13.0. The van der Waals surface area contributed by atoms with Gasteiger partial charge < -0.3 is 14.2 Å². The normalized spacial score (nSPS) is 10.2. The molecule has 0 aliphatic heterocycles. The molecule has 2 aromatic rings. The molecular weight excluding hydrogens is 290 g/mol. The van der Waals surface area contributed by atoms with E-state index < -0.39 is 0 Å². The average molecular weight is 307 g/mol. The van der Waals surface area contributed by atoms with Crippen molar-refractivity contribution in [3.8, 4) is 22.1 Å². The van der Waals surface area contributed by atoms with Crippen molar-refractivity contribution in [3.05, 3.63) is 29.3 Å². The lowest BCUT2D eigenvalue weighted by molar-refractivity contribution is -0.140. The second-order valence-electron chi connectivity index (χ2n) is 4.29. The third kappa shape index (κ3) is 3.72. The van der Waals surface area contributed by atoms with E-state index in [9.17, 15) is 4.79 Å². The van der Waals surface area contributed by atoms with E-state index in [4.69, 9.17) is 9.47 Å². The zero-order chi connectivity index (χ0) is 15.2. The first-order chi connectivity index (χ1) is 10.2. The maximum absolute atomic E-state index is 11.1. The summed E-state index contributed by atoms with van der Waals surface area (Å²) < 4.78 is 15.1. The molecule has 5 nitrogen and oxygen atoms in total. The number of methoxy groups -OCH3 is 3. The lowest BCUT2D eigenvalue weighted by atomic mass is 10.2. The molecule has 0 atom stereocenters. The maximum atomic E-state index is 11.1. The summed E-state index contributed by atoms with van der Waals surface area (Å²) in [5.41, 5.74) is 1.84. The number of benzene rings is 1. The van der Waals surface area contributed by atoms with E-state index in [2.05, 4.69) is 9.72 Å². The van der Waals surface area contributed by atoms with Crippen molar-refractivity contribution < 1.29 is 19.0 Å². The van der Waals surface area contributed by atoms with E-state index >= 15 is 0 Å². The second-order valence-corrected chi connectivity index (χ2v) is 5.15. The molecule has 0 saturated carbocycles. The standard InChI is InChI=1S/C15H17NO4S/c1-18-12-6-4-10(8-13(12)19-2)15-16-11(9-21-15)5-7-14(17)20-3/h4,6,8-9H,5,7H2,1-3H3. The summed E-state index contributed by atoms with van der Waals surface area (Å²) in [7, 11) is 4.59. The number of carbonyl (C=O) groups excluding carboxylic acids is 1. The van der Waals surface area contributed by atoms with Gasteiger partial charge in [-0.15, -0.1) is 11.3 Å². The Hall–Kier alpha value is -2.08. The summed E-state index contributed by atoms with van der Waals surface area (Å²) in [6.45, 7) is 0. The first-order valence-corrected chi connectivity index (χ1v) is 7.29. The van der Waals surface area contributed by atoms with E-state index in [1.807, 2.05) is 23.6 Å². The van der Waals surface area contributed by atoms with Crippen LogP contribution in [0.5, 0.6) is 11.5 Å². The van der Waals surface area contributed by atoms with Gasteiger partial charge in [0.15, 0.2) is 11.5 Å². The largest absolute Gasteiger partial charge is 0.493 e. The van der Waals surface area contributed by atoms with Crippen LogP contribution in [-0.4, -0.2) is 32.3 Å². The molecule has 0 spiro atoms. The van der Waals surface area contributed by atoms with Crippen molar-refractivity contribution in [2.45, 2.75) is 12.8 Å². The van der Waals surface area contributed by atoms with E-state index in [1.165, 1.54) is 18.4 Å². The third-order valence-electron chi connectivity index (χ3n) is 3.00. The fourth-order valence-electron chi connectivity index (χ4n) is 1.86. The first kappa shape index (κ1) is 15.3. The molecule has 1 aromatic carbocycles. The molecule has 1 heterocycles. The van der Waals surface area contributed by atoms with E-state index in [1.54, 1.807) is 14.2 Å². The molecule has 0 aliphatic rings. The number of carbonyl (C=O) groups is 1. The van der Waals surface area contributed by atoms with Crippen LogP contribution in [0.25, 0.3) is 10.6 Å². The topological polar surface area (TPSA) is 57.7 Å². The lowest BCUT2D eigenvalue weighted by Crippen LogP contribution is -2.01. The van der Waals surface area contributed by atoms with Crippen LogP contribution in [-0.2, 0) is 16.0 Å². The maximum Gasteiger partial charge on any atom is 0.305 e. The van der Waals surface area contributed by atoms with Gasteiger partial charge in [0.2, 0.25) is 0 Å². The van der Waals surface area contributed by atoms with E-state index in [0.29, 0.717) is 24.3 Å². The van der Waals surface area contributed by atoms with Crippen LogP contribution in [0, 0.1) is 0 Å². The summed E-state index contributed by atoms with van der Waals surface area (Å²) in [5.74, 6) is 1.13. The number of thiazole rings is 1. The Morgan fingerprint density at radius 1 is 1.19 bits per heavy atom. The smallest absolute Gasteiger partial charge is 0.305 e. The van der Waals surface area contributed by atoms with Gasteiger partial charge in [-0.1, -0.05) is 0 Å². The fourth-order valence-corrected chi connectivity index (χ4v) is 2.71. The van der Waals surface area contributed by atoms with Gasteiger partial charge in [0.25, 0.3) is 0 Å². The summed E-state index contributed by atoms with van der Waals surface area (Å²) >= 11 is 1.53. The number of aryl methyl sites for hydroxylation is 1. The Morgan fingerprint density at radius 2 is 1.95 bits per heavy atom. The predicted octanol–water partition coefficient (Wildman–Crippen LogP) is 2.93. The monoisotopic (exact) mass is 307 g/mol. The van der Waals surface area contributed by atoms with E-state index in [0.717, 1.165) is 16.3 Å². The summed E-state index contributed by atoms with van der Waals surface area (Å²) in [6, 6.07) is 5.68. The molecule has 0 N–H and O–H groups in total. The number of nitrogens with zero attached hydrogens (tertiary/aromatic N) is 1. The fraction of sp³-hybridized carbons (Fsp3) is 0.333. The lowest BCUT2D eigenvalue weighted by Gasteiger charge is -2.08. The van der Waals surface area contributed by atoms with E-state index in [-0.39, 0.29) is 5.97 Å². The van der Waals surface area contributed by atoms with Crippen molar-refractivity contribution in [2.24, 2.45) is 0 Å². The van der Waals surface area contributed by atoms with Crippen LogP contribution in [0.1, 0.15) is 12.1 Å². The number of esters is 1. The van der Waals surface area contributed by atoms with Gasteiger partial charge >= 0.3 is 5.97 Å². The van der Waals surface area contributed by atoms with Gasteiger partial charge in [-0.05, 0) is 18.2 Å². The molecule has 2 rings (SSSR count). The Kier molecular flexibility index (Phi) is 5.16. The molecule has 0 fully saturated rings. The van der Waals surface area contributed by atoms with Crippen molar-refractivity contribution in [1.29, 1.82) is 0 Å².